The van der Waals surface area contributed by atoms with E-state index in [-0.39, 0.29) is 0 Å². The summed E-state index contributed by atoms with van der Waals surface area (Å²) in [4.78, 5) is 11.7. The van der Waals surface area contributed by atoms with E-state index in [2.05, 4.69) is 5.32 Å². The Balaban J connectivity index is 1.78. The van der Waals surface area contributed by atoms with Crippen molar-refractivity contribution in [2.24, 2.45) is 0 Å². The number of hydrogen-bond donors (Lipinski definition) is 10. The van der Waals surface area contributed by atoms with Crippen LogP contribution in [0.25, 0.3) is 0 Å². The predicted octanol–water partition coefficient (Wildman–Crippen LogP) is -6.40. The fourth-order valence-corrected chi connectivity index (χ4v) is 4.28. The second-order valence-electron chi connectivity index (χ2n) is 9.09. The molecule has 3 heterocycles. The minimum atomic E-state index is -1.82. The Morgan fingerprint density at radius 1 is 0.778 bits per heavy atom. The van der Waals surface area contributed by atoms with Gasteiger partial charge in [0.15, 0.2) is 18.9 Å². The highest BCUT2D eigenvalue weighted by atomic mass is 16.8. The maximum atomic E-state index is 11.7. The summed E-state index contributed by atoms with van der Waals surface area (Å²) in [5.41, 5.74) is 0. The summed E-state index contributed by atoms with van der Waals surface area (Å²) in [6.07, 6.45) is -21.6. The van der Waals surface area contributed by atoms with E-state index >= 15 is 0 Å². The Bertz CT molecular complexity index is 731. The standard InChI is InChI=1S/C20H35NO15/c1-5-10(24)15(29)17(20(33-5)32-4-8-12(26)14(28)16(30)18(31)34-8)36-19-9(21-6(2)23)13(27)11(25)7(3-22)35-19/h5,7-20,22,24-31H,3-4H2,1-2H3,(H,21,23)/t5-,7-,8-,9+,10-,11-,12-,13-,14+,15+,16-,17+,18+,19+,20-/m1/s1. The lowest BCUT2D eigenvalue weighted by Crippen LogP contribution is -2.67. The van der Waals surface area contributed by atoms with Crippen LogP contribution in [0, 0.1) is 0 Å². The summed E-state index contributed by atoms with van der Waals surface area (Å²) in [6, 6.07) is -1.36. The summed E-state index contributed by atoms with van der Waals surface area (Å²) in [5, 5.41) is 92.8. The van der Waals surface area contributed by atoms with Gasteiger partial charge in [-0.15, -0.1) is 0 Å². The zero-order valence-electron chi connectivity index (χ0n) is 19.5. The van der Waals surface area contributed by atoms with Crippen molar-refractivity contribution >= 4 is 5.91 Å². The Morgan fingerprint density at radius 2 is 1.42 bits per heavy atom. The fourth-order valence-electron chi connectivity index (χ4n) is 4.28. The number of amides is 1. The lowest BCUT2D eigenvalue weighted by atomic mass is 9.96. The van der Waals surface area contributed by atoms with Gasteiger partial charge in [0, 0.05) is 6.92 Å². The third-order valence-corrected chi connectivity index (χ3v) is 6.44. The molecule has 210 valence electrons. The molecule has 0 aromatic rings. The third kappa shape index (κ3) is 6.13. The fraction of sp³-hybridized carbons (Fsp3) is 0.950. The molecule has 0 saturated carbocycles. The van der Waals surface area contributed by atoms with Crippen molar-refractivity contribution in [1.29, 1.82) is 0 Å². The summed E-state index contributed by atoms with van der Waals surface area (Å²) < 4.78 is 27.4. The number of carbonyl (C=O) groups excluding carboxylic acids is 1. The Morgan fingerprint density at radius 3 is 2.03 bits per heavy atom. The van der Waals surface area contributed by atoms with E-state index in [4.69, 9.17) is 23.7 Å². The molecule has 15 atom stereocenters. The number of hydrogen-bond acceptors (Lipinski definition) is 15. The van der Waals surface area contributed by atoms with E-state index in [1.165, 1.54) is 6.92 Å². The van der Waals surface area contributed by atoms with Crippen molar-refractivity contribution in [2.75, 3.05) is 13.2 Å². The molecular weight excluding hydrogens is 494 g/mol. The first-order valence-electron chi connectivity index (χ1n) is 11.4. The van der Waals surface area contributed by atoms with E-state index < -0.39 is 111 Å². The van der Waals surface area contributed by atoms with Gasteiger partial charge in [0.25, 0.3) is 0 Å². The van der Waals surface area contributed by atoms with Gasteiger partial charge in [-0.3, -0.25) is 4.79 Å². The SMILES string of the molecule is CC(=O)N[C@@H]1[C@H](O[C@@H]2[C@H](OC[C@H]3O[C@H](O)[C@H](O)[C@@H](O)[C@@H]3O)O[C@H](C)[C@@H](O)[C@@H]2O)O[C@H](CO)[C@@H](O)[C@@H]1O. The molecule has 16 heteroatoms. The van der Waals surface area contributed by atoms with Crippen molar-refractivity contribution in [3.63, 3.8) is 0 Å². The highest BCUT2D eigenvalue weighted by Gasteiger charge is 2.51. The molecule has 3 fully saturated rings. The van der Waals surface area contributed by atoms with Crippen LogP contribution in [0.4, 0.5) is 0 Å². The highest BCUT2D eigenvalue weighted by molar-refractivity contribution is 5.73. The Hall–Kier alpha value is -1.09. The Labute approximate surface area is 205 Å². The van der Waals surface area contributed by atoms with Crippen molar-refractivity contribution in [1.82, 2.24) is 5.32 Å². The second-order valence-corrected chi connectivity index (χ2v) is 9.09. The molecule has 0 spiro atoms. The molecule has 16 nitrogen and oxygen atoms in total. The largest absolute Gasteiger partial charge is 0.394 e. The van der Waals surface area contributed by atoms with Crippen LogP contribution in [0.1, 0.15) is 13.8 Å². The quantitative estimate of drug-likeness (QED) is 0.147. The normalized spacial score (nSPS) is 50.0. The lowest BCUT2D eigenvalue weighted by molar-refractivity contribution is -0.359. The van der Waals surface area contributed by atoms with Crippen LogP contribution >= 0.6 is 0 Å². The monoisotopic (exact) mass is 529 g/mol. The number of ether oxygens (including phenoxy) is 5. The van der Waals surface area contributed by atoms with Crippen LogP contribution in [0.3, 0.4) is 0 Å². The van der Waals surface area contributed by atoms with Crippen molar-refractivity contribution in [2.45, 2.75) is 106 Å². The predicted molar refractivity (Wildman–Crippen MR) is 111 cm³/mol. The maximum absolute atomic E-state index is 11.7. The van der Waals surface area contributed by atoms with Gasteiger partial charge in [0.05, 0.1) is 19.3 Å². The molecule has 0 aromatic carbocycles. The van der Waals surface area contributed by atoms with E-state index in [0.717, 1.165) is 6.92 Å². The maximum Gasteiger partial charge on any atom is 0.217 e. The average Bonchev–Trinajstić information content (AvgIpc) is 2.83. The first kappa shape index (κ1) is 29.5. The van der Waals surface area contributed by atoms with Gasteiger partial charge in [0.2, 0.25) is 5.91 Å². The van der Waals surface area contributed by atoms with Gasteiger partial charge in [-0.25, -0.2) is 0 Å². The van der Waals surface area contributed by atoms with E-state index in [0.29, 0.717) is 0 Å². The van der Waals surface area contributed by atoms with Crippen LogP contribution in [0.15, 0.2) is 0 Å². The molecule has 3 aliphatic heterocycles. The van der Waals surface area contributed by atoms with E-state index in [9.17, 15) is 50.8 Å². The number of rotatable bonds is 7. The zero-order chi connectivity index (χ0) is 26.9. The van der Waals surface area contributed by atoms with E-state index in [1.807, 2.05) is 0 Å². The third-order valence-electron chi connectivity index (χ3n) is 6.44. The molecule has 0 radical (unpaired) electrons. The van der Waals surface area contributed by atoms with Gasteiger partial charge in [0.1, 0.15) is 67.1 Å². The lowest BCUT2D eigenvalue weighted by Gasteiger charge is -2.47. The van der Waals surface area contributed by atoms with Crippen LogP contribution in [-0.4, -0.2) is 157 Å². The van der Waals surface area contributed by atoms with Crippen molar-refractivity contribution in [3.8, 4) is 0 Å². The topological polar surface area (TPSA) is 257 Å². The number of nitrogens with one attached hydrogen (secondary N) is 1. The summed E-state index contributed by atoms with van der Waals surface area (Å²) in [5.74, 6) is -0.615. The molecule has 0 aromatic heterocycles. The minimum Gasteiger partial charge on any atom is -0.394 e. The number of carbonyl (C=O) groups is 1. The van der Waals surface area contributed by atoms with Crippen molar-refractivity contribution in [3.05, 3.63) is 0 Å². The first-order chi connectivity index (χ1) is 16.9. The van der Waals surface area contributed by atoms with E-state index in [1.54, 1.807) is 0 Å². The van der Waals surface area contributed by atoms with Gasteiger partial charge >= 0.3 is 0 Å². The minimum absolute atomic E-state index is 0.538. The van der Waals surface area contributed by atoms with Gasteiger partial charge in [-0.2, -0.15) is 0 Å². The summed E-state index contributed by atoms with van der Waals surface area (Å²) >= 11 is 0. The molecule has 10 N–H and O–H groups in total. The first-order valence-corrected chi connectivity index (χ1v) is 11.4. The Kier molecular flexibility index (Phi) is 9.97. The molecule has 3 rings (SSSR count). The van der Waals surface area contributed by atoms with Gasteiger partial charge < -0.3 is 75.0 Å². The zero-order valence-corrected chi connectivity index (χ0v) is 19.5. The highest BCUT2D eigenvalue weighted by Crippen LogP contribution is 2.30. The summed E-state index contributed by atoms with van der Waals surface area (Å²) in [6.45, 7) is 1.31. The smallest absolute Gasteiger partial charge is 0.217 e. The molecular formula is C20H35NO15. The molecule has 1 amide bonds. The molecule has 0 bridgehead atoms. The van der Waals surface area contributed by atoms with Crippen LogP contribution in [0.2, 0.25) is 0 Å². The van der Waals surface area contributed by atoms with Crippen LogP contribution in [0.5, 0.6) is 0 Å². The number of aliphatic hydroxyl groups is 9. The second kappa shape index (κ2) is 12.2. The van der Waals surface area contributed by atoms with Gasteiger partial charge in [-0.05, 0) is 6.92 Å². The molecule has 3 saturated heterocycles. The van der Waals surface area contributed by atoms with Gasteiger partial charge in [-0.1, -0.05) is 0 Å². The number of aliphatic hydroxyl groups excluding tert-OH is 9. The molecule has 0 unspecified atom stereocenters. The molecule has 36 heavy (non-hydrogen) atoms. The van der Waals surface area contributed by atoms with Crippen LogP contribution in [-0.2, 0) is 28.5 Å². The summed E-state index contributed by atoms with van der Waals surface area (Å²) in [7, 11) is 0. The molecule has 0 aliphatic carbocycles. The van der Waals surface area contributed by atoms with Crippen LogP contribution < -0.4 is 5.32 Å². The average molecular weight is 529 g/mol. The van der Waals surface area contributed by atoms with Crippen molar-refractivity contribution < 1.29 is 74.4 Å². The molecule has 3 aliphatic rings.